The number of rotatable bonds is 12. The van der Waals surface area contributed by atoms with Crippen molar-refractivity contribution in [1.29, 1.82) is 0 Å². The Kier molecular flexibility index (Phi) is 14.4. The maximum atomic E-state index is 13.9. The van der Waals surface area contributed by atoms with Crippen LogP contribution in [-0.2, 0) is 31.9 Å². The first-order valence-corrected chi connectivity index (χ1v) is 29.6. The Labute approximate surface area is 488 Å². The highest BCUT2D eigenvalue weighted by molar-refractivity contribution is 6.14. The van der Waals surface area contributed by atoms with Crippen molar-refractivity contribution in [2.45, 2.75) is 144 Å². The van der Waals surface area contributed by atoms with Crippen LogP contribution in [0.3, 0.4) is 0 Å². The van der Waals surface area contributed by atoms with Gasteiger partial charge in [-0.1, -0.05) is 64.2 Å². The fourth-order valence-corrected chi connectivity index (χ4v) is 13.9. The number of H-pyrrole nitrogens is 4. The minimum Gasteiger partial charge on any atom is -0.469 e. The number of carbonyl (C=O) groups excluding carboxylic acids is 4. The highest BCUT2D eigenvalue weighted by Crippen LogP contribution is 2.47. The highest BCUT2D eigenvalue weighted by Gasteiger charge is 2.38. The minimum atomic E-state index is -0.273. The van der Waals surface area contributed by atoms with Crippen LogP contribution >= 0.6 is 0 Å². The van der Waals surface area contributed by atoms with Gasteiger partial charge in [-0.2, -0.15) is 0 Å². The summed E-state index contributed by atoms with van der Waals surface area (Å²) in [5.74, 6) is -0.698. The third kappa shape index (κ3) is 9.34. The number of ketones is 2. The molecule has 0 saturated heterocycles. The van der Waals surface area contributed by atoms with Crippen molar-refractivity contribution in [3.63, 3.8) is 0 Å². The van der Waals surface area contributed by atoms with E-state index in [1.807, 2.05) is 26.0 Å². The zero-order chi connectivity index (χ0) is 59.2. The lowest BCUT2D eigenvalue weighted by Crippen LogP contribution is -2.09. The Morgan fingerprint density at radius 2 is 0.893 bits per heavy atom. The number of hydrogen-bond acceptors (Lipinski definition) is 10. The molecule has 16 bridgehead atoms. The molecule has 428 valence electrons. The normalized spacial score (nSPS) is 18.3. The van der Waals surface area contributed by atoms with Crippen LogP contribution in [0.2, 0.25) is 0 Å². The standard InChI is InChI=1S/C70H72N8O6/c1-13-41-33(3)51-29-59-43(35(5)49(73-59)27-53-37(7)45(21-23-63(81)83-11)67(75-53)47-25-61(79)65-39(9)55(77-69(47)65)31-57(41)71-51)19-17-15-16-18-20-44-36(6)50-28-54-38(8)46(22-24-64(82)84-12)68(76-54)48-26-62(80)66-40(10)56(78-70(48)66)32-58-42(14-2)34(4)52(72-58)30-60(44)74-50/h15-20,27-32,37-38,45-46,73-74,77-78H,13-14,21-26H2,1-12H3/b16-15+,19-17+,20-18+,49-27?,50-28?,51-29?,52-30?,53-27?,54-28?,55-31?,56-32?,57-31?,58-32?,59-29?,60-30?,67-47?,68-48?/t37-,38-,45-,46-/m0/s1. The van der Waals surface area contributed by atoms with Crippen molar-refractivity contribution in [3.05, 3.63) is 162 Å². The van der Waals surface area contributed by atoms with E-state index < -0.39 is 0 Å². The number of methoxy groups -OCH3 is 2. The summed E-state index contributed by atoms with van der Waals surface area (Å²) in [5.41, 5.74) is 27.6. The number of ether oxygens (including phenoxy) is 2. The first-order valence-electron chi connectivity index (χ1n) is 29.6. The fourth-order valence-electron chi connectivity index (χ4n) is 13.9. The molecule has 0 fully saturated rings. The number of nitrogens with one attached hydrogen (secondary N) is 4. The molecule has 4 N–H and O–H groups in total. The summed E-state index contributed by atoms with van der Waals surface area (Å²) in [4.78, 5) is 89.0. The second-order valence-corrected chi connectivity index (χ2v) is 23.5. The molecule has 4 aliphatic heterocycles. The van der Waals surface area contributed by atoms with Crippen LogP contribution in [0.25, 0.3) is 78.6 Å². The van der Waals surface area contributed by atoms with E-state index in [9.17, 15) is 19.2 Å². The number of carbonyl (C=O) groups is 4. The number of aromatic nitrogens is 8. The zero-order valence-electron chi connectivity index (χ0n) is 50.1. The lowest BCUT2D eigenvalue weighted by atomic mass is 9.85. The van der Waals surface area contributed by atoms with Crippen molar-refractivity contribution in [3.8, 4) is 0 Å². The van der Waals surface area contributed by atoms with E-state index in [-0.39, 0.29) is 72.9 Å². The van der Waals surface area contributed by atoms with Gasteiger partial charge in [-0.25, -0.2) is 9.97 Å². The van der Waals surface area contributed by atoms with Gasteiger partial charge in [-0.3, -0.25) is 29.1 Å². The van der Waals surface area contributed by atoms with Crippen molar-refractivity contribution >= 4 is 102 Å². The molecule has 0 saturated carbocycles. The number of allylic oxidation sites excluding steroid dienone is 8. The topological polar surface area (TPSA) is 201 Å². The van der Waals surface area contributed by atoms with Gasteiger partial charge in [0.1, 0.15) is 0 Å². The first-order chi connectivity index (χ1) is 40.4. The second kappa shape index (κ2) is 21.8. The molecule has 2 aliphatic carbocycles. The summed E-state index contributed by atoms with van der Waals surface area (Å²) in [6.07, 6.45) is 16.1. The molecule has 0 aromatic carbocycles. The summed E-state index contributed by atoms with van der Waals surface area (Å²) in [5, 5.41) is 0. The van der Waals surface area contributed by atoms with Crippen LogP contribution in [0.5, 0.6) is 0 Å². The summed E-state index contributed by atoms with van der Waals surface area (Å²) >= 11 is 0. The Morgan fingerprint density at radius 1 is 0.512 bits per heavy atom. The molecule has 4 atom stereocenters. The summed E-state index contributed by atoms with van der Waals surface area (Å²) in [6.45, 7) is 21.2. The number of hydrogen-bond donors (Lipinski definition) is 4. The maximum absolute atomic E-state index is 13.9. The van der Waals surface area contributed by atoms with Gasteiger partial charge in [0.15, 0.2) is 11.6 Å². The number of fused-ring (bicyclic) bond motifs is 16. The molecule has 0 radical (unpaired) electrons. The number of Topliss-reactive ketones (excluding diaryl/α,β-unsaturated/α-hetero) is 2. The largest absolute Gasteiger partial charge is 0.469 e. The van der Waals surface area contributed by atoms with Gasteiger partial charge in [0.05, 0.1) is 59.4 Å². The molecule has 10 heterocycles. The van der Waals surface area contributed by atoms with E-state index in [0.717, 1.165) is 169 Å². The van der Waals surface area contributed by atoms with Gasteiger partial charge in [-0.05, 0) is 148 Å². The molecule has 84 heavy (non-hydrogen) atoms. The Bertz CT molecular complexity index is 4130. The van der Waals surface area contributed by atoms with Crippen LogP contribution < -0.4 is 0 Å². The van der Waals surface area contributed by atoms with Gasteiger partial charge in [0, 0.05) is 127 Å². The van der Waals surface area contributed by atoms with Crippen LogP contribution in [-0.4, -0.2) is 77.6 Å². The van der Waals surface area contributed by atoms with Crippen molar-refractivity contribution in [2.75, 3.05) is 14.2 Å². The lowest BCUT2D eigenvalue weighted by molar-refractivity contribution is -0.141. The molecule has 6 aromatic heterocycles. The molecule has 0 spiro atoms. The summed E-state index contributed by atoms with van der Waals surface area (Å²) in [6, 6.07) is 12.7. The van der Waals surface area contributed by atoms with Gasteiger partial charge < -0.3 is 29.4 Å². The number of esters is 2. The van der Waals surface area contributed by atoms with Crippen molar-refractivity contribution in [1.82, 2.24) is 39.9 Å². The predicted molar refractivity (Wildman–Crippen MR) is 335 cm³/mol. The Morgan fingerprint density at radius 3 is 1.27 bits per heavy atom. The molecule has 0 unspecified atom stereocenters. The van der Waals surface area contributed by atoms with E-state index in [1.54, 1.807) is 0 Å². The van der Waals surface area contributed by atoms with Gasteiger partial charge in [0.2, 0.25) is 0 Å². The molecule has 0 amide bonds. The molecule has 14 heteroatoms. The Balaban J connectivity index is 0.969. The smallest absolute Gasteiger partial charge is 0.305 e. The SMILES string of the molecule is CCC1=C(C)c2cc3[nH]c(cc4nc(c5c6[nH]c(cc1n2)c(C)c6C(=O)C5)[C@@H](CCC(=O)OC)[C@@H]4C)c(C)c3/C=C/C=C/C=C/c1c(C)c2cc3nc(c4c5[nH]c(cc6nc(cc1[nH]2)C(C)=C6CC)c(C)c5C(=O)C4)[C@@H](CCC(=O)OC)[C@@H]3C. The average Bonchev–Trinajstić information content (AvgIpc) is 4.41. The van der Waals surface area contributed by atoms with E-state index in [1.165, 1.54) is 14.2 Å². The minimum absolute atomic E-state index is 0.0419. The third-order valence-electron chi connectivity index (χ3n) is 18.9. The van der Waals surface area contributed by atoms with Crippen LogP contribution in [0.4, 0.5) is 0 Å². The van der Waals surface area contributed by atoms with E-state index in [4.69, 9.17) is 29.4 Å². The summed E-state index contributed by atoms with van der Waals surface area (Å²) < 4.78 is 10.2. The first kappa shape index (κ1) is 55.7. The molecular weight excluding hydrogens is 1050 g/mol. The maximum Gasteiger partial charge on any atom is 0.305 e. The monoisotopic (exact) mass is 1120 g/mol. The number of aryl methyl sites for hydroxylation is 4. The second-order valence-electron chi connectivity index (χ2n) is 23.5. The predicted octanol–water partition coefficient (Wildman–Crippen LogP) is 15.3. The molecule has 6 aliphatic rings. The van der Waals surface area contributed by atoms with E-state index >= 15 is 0 Å². The Hall–Kier alpha value is -8.78. The average molecular weight is 1120 g/mol. The van der Waals surface area contributed by atoms with E-state index in [2.05, 4.69) is 136 Å². The third-order valence-corrected chi connectivity index (χ3v) is 18.9. The van der Waals surface area contributed by atoms with Gasteiger partial charge >= 0.3 is 11.9 Å². The van der Waals surface area contributed by atoms with Crippen LogP contribution in [0, 0.1) is 27.7 Å². The lowest BCUT2D eigenvalue weighted by Gasteiger charge is -2.16. The van der Waals surface area contributed by atoms with Crippen molar-refractivity contribution < 1.29 is 28.7 Å². The molecule has 14 nitrogen and oxygen atoms in total. The van der Waals surface area contributed by atoms with Crippen LogP contribution in [0.15, 0.2) is 60.7 Å². The van der Waals surface area contributed by atoms with Crippen molar-refractivity contribution in [2.24, 2.45) is 0 Å². The number of nitrogens with zero attached hydrogens (tertiary/aromatic N) is 4. The van der Waals surface area contributed by atoms with E-state index in [0.29, 0.717) is 24.0 Å². The number of aromatic amines is 4. The molecule has 12 rings (SSSR count). The quantitative estimate of drug-likeness (QED) is 0.0675. The molecular formula is C70H72N8O6. The van der Waals surface area contributed by atoms with Gasteiger partial charge in [-0.15, -0.1) is 0 Å². The zero-order valence-corrected chi connectivity index (χ0v) is 50.1. The van der Waals surface area contributed by atoms with Crippen LogP contribution in [0.1, 0.15) is 215 Å². The molecule has 6 aromatic rings. The van der Waals surface area contributed by atoms with Gasteiger partial charge in [0.25, 0.3) is 0 Å². The summed E-state index contributed by atoms with van der Waals surface area (Å²) in [7, 11) is 2.83. The highest BCUT2D eigenvalue weighted by atomic mass is 16.5. The fraction of sp³-hybridized carbons (Fsp3) is 0.343.